The van der Waals surface area contributed by atoms with E-state index < -0.39 is 0 Å². The van der Waals surface area contributed by atoms with Crippen molar-refractivity contribution in [3.63, 3.8) is 0 Å². The molecule has 2 heterocycles. The Morgan fingerprint density at radius 1 is 1.30 bits per heavy atom. The van der Waals surface area contributed by atoms with Crippen LogP contribution in [0.15, 0.2) is 35.1 Å². The maximum absolute atomic E-state index is 11.6. The molecule has 0 amide bonds. The minimum absolute atomic E-state index is 0.107. The third kappa shape index (κ3) is 5.75. The average Bonchev–Trinajstić information content (AvgIpc) is 3.00. The highest BCUT2D eigenvalue weighted by Crippen LogP contribution is 2.20. The van der Waals surface area contributed by atoms with E-state index in [9.17, 15) is 4.79 Å². The molecule has 1 atom stereocenters. The van der Waals surface area contributed by atoms with E-state index in [1.54, 1.807) is 0 Å². The van der Waals surface area contributed by atoms with Crippen molar-refractivity contribution in [3.8, 4) is 11.4 Å². The highest BCUT2D eigenvalue weighted by Gasteiger charge is 2.23. The Hall–Kier alpha value is -1.98. The molecule has 0 saturated carbocycles. The number of nitrogens with zero attached hydrogens (tertiary/aromatic N) is 3. The fraction of sp³-hybridized carbons (Fsp3) is 0.545. The molecule has 1 aliphatic heterocycles. The monoisotopic (exact) mass is 368 g/mol. The Morgan fingerprint density at radius 3 is 2.70 bits per heavy atom. The minimum Gasteiger partial charge on any atom is -0.307 e. The molecule has 2 aromatic rings. The summed E-state index contributed by atoms with van der Waals surface area (Å²) in [6.45, 7) is 12.2. The number of aromatic amines is 1. The molecular weight excluding hydrogens is 336 g/mol. The number of hydrogen-bond donors (Lipinski definition) is 1. The van der Waals surface area contributed by atoms with Crippen molar-refractivity contribution in [3.05, 3.63) is 51.9 Å². The minimum atomic E-state index is -0.107. The van der Waals surface area contributed by atoms with Gasteiger partial charge < -0.3 is 14.8 Å². The molecule has 146 valence electrons. The number of aromatic nitrogens is 2. The largest absolute Gasteiger partial charge is 0.307 e. The molecule has 5 heteroatoms. The van der Waals surface area contributed by atoms with Gasteiger partial charge >= 0.3 is 0 Å². The van der Waals surface area contributed by atoms with Crippen molar-refractivity contribution in [2.45, 2.75) is 33.7 Å². The van der Waals surface area contributed by atoms with E-state index in [4.69, 9.17) is 0 Å². The van der Waals surface area contributed by atoms with Gasteiger partial charge in [0.25, 0.3) is 5.56 Å². The van der Waals surface area contributed by atoms with Crippen LogP contribution in [0.4, 0.5) is 0 Å². The molecule has 0 spiro atoms. The normalized spacial score (nSPS) is 17.9. The van der Waals surface area contributed by atoms with Crippen molar-refractivity contribution in [1.82, 2.24) is 19.8 Å². The van der Waals surface area contributed by atoms with Crippen LogP contribution in [0.5, 0.6) is 0 Å². The molecule has 1 aliphatic rings. The molecular formula is C22H32N4O. The Labute approximate surface area is 162 Å². The first-order valence-electron chi connectivity index (χ1n) is 9.97. The van der Waals surface area contributed by atoms with Crippen LogP contribution in [-0.4, -0.2) is 53.0 Å². The number of aryl methyl sites for hydroxylation is 1. The molecule has 1 N–H and O–H groups in total. The van der Waals surface area contributed by atoms with E-state index in [1.165, 1.54) is 37.7 Å². The molecule has 1 unspecified atom stereocenters. The van der Waals surface area contributed by atoms with Gasteiger partial charge in [0.2, 0.25) is 0 Å². The van der Waals surface area contributed by atoms with Gasteiger partial charge in [0.15, 0.2) is 0 Å². The summed E-state index contributed by atoms with van der Waals surface area (Å²) < 4.78 is 0. The summed E-state index contributed by atoms with van der Waals surface area (Å²) in [7, 11) is 2.21. The van der Waals surface area contributed by atoms with Crippen LogP contribution >= 0.6 is 0 Å². The maximum Gasteiger partial charge on any atom is 0.251 e. The summed E-state index contributed by atoms with van der Waals surface area (Å²) in [5.41, 5.74) is 2.86. The lowest BCUT2D eigenvalue weighted by Gasteiger charge is -2.22. The number of rotatable bonds is 7. The smallest absolute Gasteiger partial charge is 0.251 e. The molecule has 5 nitrogen and oxygen atoms in total. The Kier molecular flexibility index (Phi) is 6.45. The fourth-order valence-electron chi connectivity index (χ4n) is 4.04. The highest BCUT2D eigenvalue weighted by atomic mass is 16.1. The van der Waals surface area contributed by atoms with E-state index in [0.29, 0.717) is 5.82 Å². The first-order valence-corrected chi connectivity index (χ1v) is 9.97. The molecule has 0 aliphatic carbocycles. The molecule has 0 radical (unpaired) electrons. The topological polar surface area (TPSA) is 52.2 Å². The zero-order valence-electron chi connectivity index (χ0n) is 17.0. The van der Waals surface area contributed by atoms with Crippen LogP contribution < -0.4 is 5.56 Å². The molecule has 0 bridgehead atoms. The zero-order chi connectivity index (χ0) is 19.4. The van der Waals surface area contributed by atoms with Crippen molar-refractivity contribution in [1.29, 1.82) is 0 Å². The van der Waals surface area contributed by atoms with Crippen LogP contribution in [0.25, 0.3) is 11.4 Å². The number of likely N-dealkylation sites (tertiary alicyclic amines) is 1. The Morgan fingerprint density at radius 2 is 2.04 bits per heavy atom. The zero-order valence-corrected chi connectivity index (χ0v) is 17.0. The number of benzene rings is 1. The first kappa shape index (κ1) is 19.8. The standard InChI is InChI=1S/C22H32N4O/c1-16(2)12-26-10-9-19(15-26)14-25(4)13-18-5-7-20(8-6-18)22-23-17(3)11-21(27)24-22/h5-8,11,16,19H,9-10,12-15H2,1-4H3,(H,23,24,27). The third-order valence-corrected chi connectivity index (χ3v) is 5.11. The molecule has 1 aromatic heterocycles. The highest BCUT2D eigenvalue weighted by molar-refractivity contribution is 5.55. The van der Waals surface area contributed by atoms with Gasteiger partial charge in [-0.15, -0.1) is 0 Å². The summed E-state index contributed by atoms with van der Waals surface area (Å²) in [4.78, 5) is 23.9. The second-order valence-electron chi connectivity index (χ2n) is 8.44. The number of hydrogen-bond acceptors (Lipinski definition) is 4. The summed E-state index contributed by atoms with van der Waals surface area (Å²) in [5.74, 6) is 2.16. The lowest BCUT2D eigenvalue weighted by atomic mass is 10.1. The van der Waals surface area contributed by atoms with Crippen LogP contribution in [-0.2, 0) is 6.54 Å². The average molecular weight is 369 g/mol. The second-order valence-corrected chi connectivity index (χ2v) is 8.44. The van der Waals surface area contributed by atoms with Gasteiger partial charge in [0, 0.05) is 43.5 Å². The maximum atomic E-state index is 11.6. The molecule has 1 fully saturated rings. The second kappa shape index (κ2) is 8.81. The molecule has 1 aromatic carbocycles. The fourth-order valence-corrected chi connectivity index (χ4v) is 4.04. The van der Waals surface area contributed by atoms with E-state index >= 15 is 0 Å². The van der Waals surface area contributed by atoms with Crippen LogP contribution in [0.1, 0.15) is 31.5 Å². The third-order valence-electron chi connectivity index (χ3n) is 5.11. The summed E-state index contributed by atoms with van der Waals surface area (Å²) in [6.07, 6.45) is 1.31. The SMILES string of the molecule is Cc1cc(=O)[nH]c(-c2ccc(CN(C)CC3CCN(CC(C)C)C3)cc2)n1. The van der Waals surface area contributed by atoms with Gasteiger partial charge in [-0.25, -0.2) is 4.98 Å². The predicted octanol–water partition coefficient (Wildman–Crippen LogP) is 3.16. The molecule has 27 heavy (non-hydrogen) atoms. The van der Waals surface area contributed by atoms with Gasteiger partial charge in [-0.2, -0.15) is 0 Å². The van der Waals surface area contributed by atoms with E-state index in [2.05, 4.69) is 52.8 Å². The van der Waals surface area contributed by atoms with Crippen LogP contribution in [0, 0.1) is 18.8 Å². The van der Waals surface area contributed by atoms with Gasteiger partial charge in [0.05, 0.1) is 0 Å². The Balaban J connectivity index is 1.54. The first-order chi connectivity index (χ1) is 12.9. The van der Waals surface area contributed by atoms with Crippen LogP contribution in [0.2, 0.25) is 0 Å². The van der Waals surface area contributed by atoms with Crippen molar-refractivity contribution >= 4 is 0 Å². The number of H-pyrrole nitrogens is 1. The lowest BCUT2D eigenvalue weighted by Crippen LogP contribution is -2.29. The van der Waals surface area contributed by atoms with Gasteiger partial charge in [-0.3, -0.25) is 4.79 Å². The van der Waals surface area contributed by atoms with Crippen molar-refractivity contribution in [2.75, 3.05) is 33.2 Å². The summed E-state index contributed by atoms with van der Waals surface area (Å²) >= 11 is 0. The van der Waals surface area contributed by atoms with Gasteiger partial charge in [-0.1, -0.05) is 38.1 Å². The Bertz CT molecular complexity index is 797. The van der Waals surface area contributed by atoms with Gasteiger partial charge in [-0.05, 0) is 44.3 Å². The van der Waals surface area contributed by atoms with Crippen LogP contribution in [0.3, 0.4) is 0 Å². The molecule has 1 saturated heterocycles. The summed E-state index contributed by atoms with van der Waals surface area (Å²) in [6, 6.07) is 9.86. The van der Waals surface area contributed by atoms with Crippen molar-refractivity contribution in [2.24, 2.45) is 11.8 Å². The van der Waals surface area contributed by atoms with E-state index in [-0.39, 0.29) is 5.56 Å². The van der Waals surface area contributed by atoms with Crippen molar-refractivity contribution < 1.29 is 0 Å². The van der Waals surface area contributed by atoms with Gasteiger partial charge in [0.1, 0.15) is 5.82 Å². The number of nitrogens with one attached hydrogen (secondary N) is 1. The predicted molar refractivity (Wildman–Crippen MR) is 111 cm³/mol. The lowest BCUT2D eigenvalue weighted by molar-refractivity contribution is 0.247. The van der Waals surface area contributed by atoms with E-state index in [0.717, 1.165) is 36.2 Å². The molecule has 3 rings (SSSR count). The summed E-state index contributed by atoms with van der Waals surface area (Å²) in [5, 5.41) is 0. The quantitative estimate of drug-likeness (QED) is 0.816. The van der Waals surface area contributed by atoms with E-state index in [1.807, 2.05) is 19.1 Å².